The summed E-state index contributed by atoms with van der Waals surface area (Å²) in [4.78, 5) is 7.00. The van der Waals surface area contributed by atoms with Gasteiger partial charge >= 0.3 is 0 Å². The molecule has 5 heteroatoms. The molecule has 2 aliphatic rings. The van der Waals surface area contributed by atoms with E-state index >= 15 is 0 Å². The summed E-state index contributed by atoms with van der Waals surface area (Å²) in [6.07, 6.45) is 2.48. The lowest BCUT2D eigenvalue weighted by Crippen LogP contribution is -2.31. The van der Waals surface area contributed by atoms with Crippen LogP contribution in [0.5, 0.6) is 0 Å². The summed E-state index contributed by atoms with van der Waals surface area (Å²) in [6.45, 7) is 1.28. The largest absolute Gasteiger partial charge is 0.363 e. The number of nitriles is 1. The van der Waals surface area contributed by atoms with Gasteiger partial charge < -0.3 is 9.64 Å². The number of amidine groups is 1. The average Bonchev–Trinajstić information content (AvgIpc) is 3.41. The molecule has 2 heterocycles. The number of likely N-dealkylation sites (N-methyl/N-ethyl adjacent to an activating group) is 1. The van der Waals surface area contributed by atoms with Crippen molar-refractivity contribution in [2.75, 3.05) is 13.6 Å². The van der Waals surface area contributed by atoms with Crippen molar-refractivity contribution in [2.45, 2.75) is 31.5 Å². The topological polar surface area (TPSA) is 48.6 Å². The zero-order chi connectivity index (χ0) is 22.1. The highest BCUT2D eigenvalue weighted by Gasteiger charge is 2.41. The molecule has 4 nitrogen and oxygen atoms in total. The second-order valence-corrected chi connectivity index (χ2v) is 8.46. The Morgan fingerprint density at radius 2 is 1.91 bits per heavy atom. The number of rotatable bonds is 5. The van der Waals surface area contributed by atoms with E-state index < -0.39 is 5.60 Å². The number of hydrogen-bond acceptors (Lipinski definition) is 4. The lowest BCUT2D eigenvalue weighted by molar-refractivity contribution is -0.0136. The molecule has 1 atom stereocenters. The van der Waals surface area contributed by atoms with Crippen LogP contribution in [0.2, 0.25) is 0 Å². The van der Waals surface area contributed by atoms with Crippen LogP contribution in [0.4, 0.5) is 10.1 Å². The maximum absolute atomic E-state index is 13.6. The normalized spacial score (nSPS) is 18.6. The predicted octanol–water partition coefficient (Wildman–Crippen LogP) is 5.47. The Hall–Kier alpha value is -3.49. The lowest BCUT2D eigenvalue weighted by Gasteiger charge is -2.31. The smallest absolute Gasteiger partial charge is 0.123 e. The van der Waals surface area contributed by atoms with Crippen LogP contribution in [0.3, 0.4) is 0 Å². The molecule has 0 amide bonds. The van der Waals surface area contributed by atoms with Crippen LogP contribution >= 0.6 is 0 Å². The van der Waals surface area contributed by atoms with Crippen molar-refractivity contribution in [1.82, 2.24) is 4.90 Å². The summed E-state index contributed by atoms with van der Waals surface area (Å²) in [6, 6.07) is 22.8. The zero-order valence-electron chi connectivity index (χ0n) is 18.0. The summed E-state index contributed by atoms with van der Waals surface area (Å²) in [7, 11) is 2.08. The Labute approximate surface area is 187 Å². The van der Waals surface area contributed by atoms with Gasteiger partial charge in [0.15, 0.2) is 0 Å². The molecule has 3 aromatic rings. The van der Waals surface area contributed by atoms with Gasteiger partial charge in [-0.3, -0.25) is 0 Å². The number of fused-ring (bicyclic) bond motifs is 2. The van der Waals surface area contributed by atoms with Crippen LogP contribution in [0.15, 0.2) is 71.7 Å². The molecule has 2 aliphatic heterocycles. The molecule has 5 rings (SSSR count). The zero-order valence-corrected chi connectivity index (χ0v) is 18.0. The second-order valence-electron chi connectivity index (χ2n) is 8.46. The minimum Gasteiger partial charge on any atom is -0.363 e. The van der Waals surface area contributed by atoms with E-state index in [0.717, 1.165) is 54.0 Å². The fraction of sp³-hybridized carbons (Fsp3) is 0.259. The van der Waals surface area contributed by atoms with Crippen molar-refractivity contribution in [1.29, 1.82) is 5.26 Å². The quantitative estimate of drug-likeness (QED) is 0.545. The maximum atomic E-state index is 13.6. The maximum Gasteiger partial charge on any atom is 0.123 e. The minimum atomic E-state index is -0.641. The van der Waals surface area contributed by atoms with Gasteiger partial charge in [0.05, 0.1) is 23.9 Å². The molecule has 0 N–H and O–H groups in total. The van der Waals surface area contributed by atoms with Gasteiger partial charge in [-0.2, -0.15) is 5.26 Å². The van der Waals surface area contributed by atoms with Crippen LogP contribution in [0, 0.1) is 17.1 Å². The first-order valence-electron chi connectivity index (χ1n) is 10.9. The first kappa shape index (κ1) is 20.4. The van der Waals surface area contributed by atoms with E-state index in [2.05, 4.69) is 36.2 Å². The summed E-state index contributed by atoms with van der Waals surface area (Å²) in [5, 5.41) is 9.27. The van der Waals surface area contributed by atoms with Gasteiger partial charge in [-0.05, 0) is 65.4 Å². The summed E-state index contributed by atoms with van der Waals surface area (Å²) in [5.41, 5.74) is 5.33. The van der Waals surface area contributed by atoms with Gasteiger partial charge in [0.25, 0.3) is 0 Å². The van der Waals surface area contributed by atoms with Gasteiger partial charge in [-0.15, -0.1) is 0 Å². The molecule has 160 valence electrons. The van der Waals surface area contributed by atoms with Gasteiger partial charge in [-0.25, -0.2) is 9.38 Å². The Kier molecular flexibility index (Phi) is 5.24. The van der Waals surface area contributed by atoms with E-state index in [4.69, 9.17) is 9.73 Å². The van der Waals surface area contributed by atoms with Crippen molar-refractivity contribution >= 4 is 11.5 Å². The fourth-order valence-electron chi connectivity index (χ4n) is 4.80. The van der Waals surface area contributed by atoms with E-state index in [9.17, 15) is 9.65 Å². The van der Waals surface area contributed by atoms with Crippen molar-refractivity contribution in [2.24, 2.45) is 4.99 Å². The Morgan fingerprint density at radius 3 is 2.69 bits per heavy atom. The molecule has 0 spiro atoms. The van der Waals surface area contributed by atoms with Crippen molar-refractivity contribution in [3.05, 3.63) is 100 Å². The number of aliphatic imine (C=N–C) groups is 1. The summed E-state index contributed by atoms with van der Waals surface area (Å²) >= 11 is 0. The number of benzene rings is 3. The molecule has 0 saturated heterocycles. The van der Waals surface area contributed by atoms with Crippen LogP contribution < -0.4 is 0 Å². The number of halogens is 1. The van der Waals surface area contributed by atoms with Crippen LogP contribution in [0.1, 0.15) is 40.7 Å². The SMILES string of the molecule is CN(CCCC1(c2ccc(F)cc2)OCc2cc(C#N)ccc21)C1=Nc2ccccc2C1. The molecule has 0 fully saturated rings. The van der Waals surface area contributed by atoms with Crippen molar-refractivity contribution < 1.29 is 9.13 Å². The predicted molar refractivity (Wildman–Crippen MR) is 122 cm³/mol. The monoisotopic (exact) mass is 425 g/mol. The third-order valence-corrected chi connectivity index (χ3v) is 6.51. The Bertz CT molecular complexity index is 1230. The standard InChI is InChI=1S/C27H24FN3O/c1-31(26-16-20-5-2-3-6-25(20)30-26)14-4-13-27(22-8-10-23(28)11-9-22)24-12-7-19(17-29)15-21(24)18-32-27/h2-3,5-12,15H,4,13-14,16,18H2,1H3. The highest BCUT2D eigenvalue weighted by Crippen LogP contribution is 2.45. The molecule has 0 bridgehead atoms. The fourth-order valence-corrected chi connectivity index (χ4v) is 4.80. The molecule has 0 aromatic heterocycles. The molecule has 0 radical (unpaired) electrons. The number of ether oxygens (including phenoxy) is 1. The highest BCUT2D eigenvalue weighted by atomic mass is 19.1. The van der Waals surface area contributed by atoms with Crippen LogP contribution in [-0.4, -0.2) is 24.3 Å². The minimum absolute atomic E-state index is 0.263. The van der Waals surface area contributed by atoms with Gasteiger partial charge in [0.2, 0.25) is 0 Å². The third kappa shape index (κ3) is 3.57. The molecule has 32 heavy (non-hydrogen) atoms. The van der Waals surface area contributed by atoms with Crippen LogP contribution in [-0.2, 0) is 23.4 Å². The Morgan fingerprint density at radius 1 is 1.09 bits per heavy atom. The molecule has 0 aliphatic carbocycles. The summed E-state index contributed by atoms with van der Waals surface area (Å²) in [5.74, 6) is 0.814. The van der Waals surface area contributed by atoms with Crippen LogP contribution in [0.25, 0.3) is 0 Å². The van der Waals surface area contributed by atoms with Gasteiger partial charge in [0, 0.05) is 20.0 Å². The molecule has 3 aromatic carbocycles. The molecular formula is C27H24FN3O. The van der Waals surface area contributed by atoms with Gasteiger partial charge in [0.1, 0.15) is 17.3 Å². The Balaban J connectivity index is 1.37. The average molecular weight is 426 g/mol. The number of para-hydroxylation sites is 1. The van der Waals surface area contributed by atoms with E-state index in [1.807, 2.05) is 36.4 Å². The van der Waals surface area contributed by atoms with Crippen molar-refractivity contribution in [3.8, 4) is 6.07 Å². The molecular weight excluding hydrogens is 401 g/mol. The van der Waals surface area contributed by atoms with E-state index in [1.165, 1.54) is 17.7 Å². The summed E-state index contributed by atoms with van der Waals surface area (Å²) < 4.78 is 20.1. The van der Waals surface area contributed by atoms with Crippen molar-refractivity contribution in [3.63, 3.8) is 0 Å². The molecule has 0 saturated carbocycles. The first-order chi connectivity index (χ1) is 15.6. The van der Waals surface area contributed by atoms with E-state index in [-0.39, 0.29) is 5.82 Å². The number of hydrogen-bond donors (Lipinski definition) is 0. The van der Waals surface area contributed by atoms with E-state index in [0.29, 0.717) is 12.2 Å². The lowest BCUT2D eigenvalue weighted by atomic mass is 9.81. The van der Waals surface area contributed by atoms with E-state index in [1.54, 1.807) is 0 Å². The van der Waals surface area contributed by atoms with Gasteiger partial charge in [-0.1, -0.05) is 36.4 Å². The third-order valence-electron chi connectivity index (χ3n) is 6.51. The second kappa shape index (κ2) is 8.22. The first-order valence-corrected chi connectivity index (χ1v) is 10.9. The highest BCUT2D eigenvalue weighted by molar-refractivity contribution is 5.92. The molecule has 1 unspecified atom stereocenters. The number of nitrogens with zero attached hydrogens (tertiary/aromatic N) is 3.